The Morgan fingerprint density at radius 3 is 2.58 bits per heavy atom. The van der Waals surface area contributed by atoms with Gasteiger partial charge in [-0.05, 0) is 42.4 Å². The van der Waals surface area contributed by atoms with Gasteiger partial charge in [-0.3, -0.25) is 0 Å². The van der Waals surface area contributed by atoms with Gasteiger partial charge in [0.05, 0.1) is 20.3 Å². The lowest BCUT2D eigenvalue weighted by Crippen LogP contribution is -2.58. The van der Waals surface area contributed by atoms with Gasteiger partial charge >= 0.3 is 0 Å². The second kappa shape index (κ2) is 4.80. The van der Waals surface area contributed by atoms with Crippen molar-refractivity contribution >= 4 is 0 Å². The average molecular weight is 261 g/mol. The molecule has 1 aromatic rings. The zero-order valence-electron chi connectivity index (χ0n) is 11.8. The highest BCUT2D eigenvalue weighted by Gasteiger charge is 2.51. The number of methoxy groups -OCH3 is 1. The zero-order chi connectivity index (χ0) is 13.5. The molecule has 1 aliphatic heterocycles. The van der Waals surface area contributed by atoms with Gasteiger partial charge in [0.1, 0.15) is 5.75 Å². The molecule has 0 amide bonds. The first kappa shape index (κ1) is 12.9. The molecule has 3 nitrogen and oxygen atoms in total. The quantitative estimate of drug-likeness (QED) is 0.904. The Kier molecular flexibility index (Phi) is 3.27. The number of hydrogen-bond donors (Lipinski definition) is 1. The third-order valence-electron chi connectivity index (χ3n) is 4.91. The van der Waals surface area contributed by atoms with Crippen LogP contribution in [-0.4, -0.2) is 26.4 Å². The molecule has 0 radical (unpaired) electrons. The first-order chi connectivity index (χ1) is 9.19. The largest absolute Gasteiger partial charge is 0.496 e. The van der Waals surface area contributed by atoms with Gasteiger partial charge in [0.2, 0.25) is 0 Å². The third kappa shape index (κ3) is 1.96. The van der Waals surface area contributed by atoms with Gasteiger partial charge in [0.25, 0.3) is 0 Å². The first-order valence-electron chi connectivity index (χ1n) is 7.20. The summed E-state index contributed by atoms with van der Waals surface area (Å²) >= 11 is 0. The number of aryl methyl sites for hydroxylation is 1. The van der Waals surface area contributed by atoms with E-state index in [1.165, 1.54) is 11.1 Å². The first-order valence-corrected chi connectivity index (χ1v) is 7.20. The molecule has 3 heteroatoms. The van der Waals surface area contributed by atoms with Gasteiger partial charge in [0, 0.05) is 11.5 Å². The molecule has 0 aromatic heterocycles. The van der Waals surface area contributed by atoms with E-state index in [0.29, 0.717) is 12.0 Å². The second-order valence-electron chi connectivity index (χ2n) is 5.96. The Bertz CT molecular complexity index is 462. The Morgan fingerprint density at radius 2 is 2.11 bits per heavy atom. The summed E-state index contributed by atoms with van der Waals surface area (Å²) in [4.78, 5) is 0. The fraction of sp³-hybridized carbons (Fsp3) is 0.625. The van der Waals surface area contributed by atoms with Crippen LogP contribution < -0.4 is 10.5 Å². The van der Waals surface area contributed by atoms with Crippen LogP contribution in [0.1, 0.15) is 30.9 Å². The van der Waals surface area contributed by atoms with Crippen LogP contribution in [0.3, 0.4) is 0 Å². The lowest BCUT2D eigenvalue weighted by Gasteiger charge is -2.53. The minimum Gasteiger partial charge on any atom is -0.496 e. The summed E-state index contributed by atoms with van der Waals surface area (Å²) in [6.07, 6.45) is 3.27. The fourth-order valence-electron chi connectivity index (χ4n) is 3.44. The highest BCUT2D eigenvalue weighted by atomic mass is 16.5. The number of benzene rings is 1. The van der Waals surface area contributed by atoms with Crippen LogP contribution in [0.4, 0.5) is 0 Å². The van der Waals surface area contributed by atoms with Crippen LogP contribution in [0.5, 0.6) is 5.75 Å². The molecule has 1 aliphatic carbocycles. The van der Waals surface area contributed by atoms with E-state index in [2.05, 4.69) is 25.1 Å². The summed E-state index contributed by atoms with van der Waals surface area (Å²) in [5.74, 6) is 1.68. The Labute approximate surface area is 115 Å². The van der Waals surface area contributed by atoms with Gasteiger partial charge in [-0.2, -0.15) is 0 Å². The van der Waals surface area contributed by atoms with Gasteiger partial charge < -0.3 is 15.2 Å². The van der Waals surface area contributed by atoms with E-state index in [0.717, 1.165) is 38.2 Å². The summed E-state index contributed by atoms with van der Waals surface area (Å²) in [5, 5.41) is 0. The molecule has 104 valence electrons. The van der Waals surface area contributed by atoms with Crippen LogP contribution in [0.15, 0.2) is 18.2 Å². The Balaban J connectivity index is 1.91. The molecule has 0 unspecified atom stereocenters. The Morgan fingerprint density at radius 1 is 1.37 bits per heavy atom. The monoisotopic (exact) mass is 261 g/mol. The van der Waals surface area contributed by atoms with E-state index in [1.54, 1.807) is 7.11 Å². The minimum absolute atomic E-state index is 0.214. The van der Waals surface area contributed by atoms with Crippen LogP contribution in [0.25, 0.3) is 0 Å². The molecule has 1 saturated carbocycles. The topological polar surface area (TPSA) is 44.5 Å². The van der Waals surface area contributed by atoms with E-state index in [9.17, 15) is 0 Å². The molecule has 19 heavy (non-hydrogen) atoms. The molecule has 0 atom stereocenters. The van der Waals surface area contributed by atoms with Crippen molar-refractivity contribution in [2.45, 2.75) is 37.6 Å². The van der Waals surface area contributed by atoms with Crippen molar-refractivity contribution in [3.8, 4) is 5.75 Å². The summed E-state index contributed by atoms with van der Waals surface area (Å²) in [7, 11) is 1.74. The molecule has 3 rings (SSSR count). The lowest BCUT2D eigenvalue weighted by atomic mass is 9.59. The maximum absolute atomic E-state index is 5.96. The predicted molar refractivity (Wildman–Crippen MR) is 75.6 cm³/mol. The molecule has 1 aromatic carbocycles. The molecule has 1 saturated heterocycles. The highest BCUT2D eigenvalue weighted by molar-refractivity contribution is 5.42. The average Bonchev–Trinajstić information content (AvgIpc) is 2.35. The molecule has 2 aliphatic rings. The zero-order valence-corrected chi connectivity index (χ0v) is 11.8. The molecule has 2 N–H and O–H groups in total. The van der Waals surface area contributed by atoms with Gasteiger partial charge in [0.15, 0.2) is 0 Å². The normalized spacial score (nSPS) is 28.4. The van der Waals surface area contributed by atoms with Crippen molar-refractivity contribution in [1.29, 1.82) is 0 Å². The molecular formula is C16H23NO2. The summed E-state index contributed by atoms with van der Waals surface area (Å²) < 4.78 is 11.0. The molecule has 0 spiro atoms. The molecular weight excluding hydrogens is 238 g/mol. The van der Waals surface area contributed by atoms with E-state index < -0.39 is 0 Å². The molecule has 0 bridgehead atoms. The lowest BCUT2D eigenvalue weighted by molar-refractivity contribution is -0.111. The summed E-state index contributed by atoms with van der Waals surface area (Å²) in [6.45, 7) is 3.87. The van der Waals surface area contributed by atoms with E-state index in [-0.39, 0.29) is 5.41 Å². The summed E-state index contributed by atoms with van der Waals surface area (Å²) in [6, 6.07) is 7.02. The van der Waals surface area contributed by atoms with Crippen LogP contribution >= 0.6 is 0 Å². The molecule has 1 heterocycles. The second-order valence-corrected chi connectivity index (χ2v) is 5.96. The highest BCUT2D eigenvalue weighted by Crippen LogP contribution is 2.48. The maximum atomic E-state index is 5.96. The standard InChI is InChI=1S/C16H23NO2/c1-3-11-6-12(4-5-15(11)18-2)16(9-19-10-16)13-7-14(17)8-13/h4-6,13-14H,3,7-10,17H2,1-2H3. The van der Waals surface area contributed by atoms with Crippen molar-refractivity contribution in [2.75, 3.05) is 20.3 Å². The summed E-state index contributed by atoms with van der Waals surface area (Å²) in [5.41, 5.74) is 8.88. The SMILES string of the molecule is CCc1cc(C2(C3CC(N)C3)COC2)ccc1OC. The number of nitrogens with two attached hydrogens (primary N) is 1. The third-order valence-corrected chi connectivity index (χ3v) is 4.91. The number of ether oxygens (including phenoxy) is 2. The van der Waals surface area contributed by atoms with Crippen molar-refractivity contribution in [3.63, 3.8) is 0 Å². The Hall–Kier alpha value is -1.06. The van der Waals surface area contributed by atoms with Crippen molar-refractivity contribution in [2.24, 2.45) is 11.7 Å². The van der Waals surface area contributed by atoms with E-state index in [1.807, 2.05) is 0 Å². The van der Waals surface area contributed by atoms with Crippen LogP contribution in [0, 0.1) is 5.92 Å². The van der Waals surface area contributed by atoms with Crippen molar-refractivity contribution in [1.82, 2.24) is 0 Å². The van der Waals surface area contributed by atoms with Gasteiger partial charge in [-0.15, -0.1) is 0 Å². The fourth-order valence-corrected chi connectivity index (χ4v) is 3.44. The minimum atomic E-state index is 0.214. The van der Waals surface area contributed by atoms with Crippen molar-refractivity contribution < 1.29 is 9.47 Å². The van der Waals surface area contributed by atoms with Gasteiger partial charge in [-0.1, -0.05) is 19.1 Å². The van der Waals surface area contributed by atoms with Crippen molar-refractivity contribution in [3.05, 3.63) is 29.3 Å². The van der Waals surface area contributed by atoms with Gasteiger partial charge in [-0.25, -0.2) is 0 Å². The van der Waals surface area contributed by atoms with E-state index >= 15 is 0 Å². The number of hydrogen-bond acceptors (Lipinski definition) is 3. The van der Waals surface area contributed by atoms with Crippen LogP contribution in [-0.2, 0) is 16.6 Å². The maximum Gasteiger partial charge on any atom is 0.122 e. The number of rotatable bonds is 4. The van der Waals surface area contributed by atoms with Crippen LogP contribution in [0.2, 0.25) is 0 Å². The molecule has 2 fully saturated rings. The predicted octanol–water partition coefficient (Wildman–Crippen LogP) is 2.26. The smallest absolute Gasteiger partial charge is 0.122 e. The van der Waals surface area contributed by atoms with E-state index in [4.69, 9.17) is 15.2 Å².